The molecule has 6 heteroatoms. The molecule has 0 saturated heterocycles. The molecule has 3 rings (SSSR count). The third-order valence-corrected chi connectivity index (χ3v) is 5.41. The molecule has 1 amide bonds. The summed E-state index contributed by atoms with van der Waals surface area (Å²) in [6.45, 7) is 2.03. The number of amides is 1. The van der Waals surface area contributed by atoms with Crippen molar-refractivity contribution in [2.24, 2.45) is 0 Å². The molecule has 0 bridgehead atoms. The molecule has 0 radical (unpaired) electrons. The van der Waals surface area contributed by atoms with Gasteiger partial charge >= 0.3 is 0 Å². The van der Waals surface area contributed by atoms with Gasteiger partial charge in [-0.25, -0.2) is 0 Å². The fourth-order valence-electron chi connectivity index (χ4n) is 2.39. The second kappa shape index (κ2) is 8.49. The van der Waals surface area contributed by atoms with Gasteiger partial charge in [-0.3, -0.25) is 4.79 Å². The molecule has 1 N–H and O–H groups in total. The van der Waals surface area contributed by atoms with E-state index in [1.54, 1.807) is 24.3 Å². The van der Waals surface area contributed by atoms with Gasteiger partial charge in [-0.2, -0.15) is 5.26 Å². The maximum absolute atomic E-state index is 12.4. The van der Waals surface area contributed by atoms with Crippen LogP contribution in [0.2, 0.25) is 10.0 Å². The first-order valence-corrected chi connectivity index (χ1v) is 9.58. The fraction of sp³-hybridized carbons (Fsp3) is 0.0476. The minimum Gasteiger partial charge on any atom is -0.322 e. The summed E-state index contributed by atoms with van der Waals surface area (Å²) in [7, 11) is 0. The van der Waals surface area contributed by atoms with Crippen LogP contribution >= 0.6 is 35.0 Å². The fourth-order valence-corrected chi connectivity index (χ4v) is 3.76. The van der Waals surface area contributed by atoms with Crippen LogP contribution in [0.4, 0.5) is 5.69 Å². The molecule has 3 nitrogen and oxygen atoms in total. The van der Waals surface area contributed by atoms with Gasteiger partial charge < -0.3 is 5.32 Å². The summed E-state index contributed by atoms with van der Waals surface area (Å²) >= 11 is 13.4. The Bertz CT molecular complexity index is 1040. The Morgan fingerprint density at radius 1 is 1.04 bits per heavy atom. The predicted octanol–water partition coefficient (Wildman–Crippen LogP) is 6.58. The molecule has 0 saturated carbocycles. The quantitative estimate of drug-likeness (QED) is 0.526. The standard InChI is InChI=1S/C21H14Cl2N2OS/c1-13-2-6-17(7-3-13)27-20-9-5-16(10-14(20)12-24)25-21(26)18-8-4-15(22)11-19(18)23/h2-11H,1H3,(H,25,26). The molecule has 0 spiro atoms. The second-order valence-electron chi connectivity index (χ2n) is 5.82. The van der Waals surface area contributed by atoms with Crippen molar-refractivity contribution in [3.63, 3.8) is 0 Å². The molecule has 0 fully saturated rings. The van der Waals surface area contributed by atoms with E-state index in [-0.39, 0.29) is 10.9 Å². The summed E-state index contributed by atoms with van der Waals surface area (Å²) in [4.78, 5) is 14.3. The van der Waals surface area contributed by atoms with Crippen molar-refractivity contribution in [1.29, 1.82) is 5.26 Å². The molecule has 134 valence electrons. The lowest BCUT2D eigenvalue weighted by Gasteiger charge is -2.10. The summed E-state index contributed by atoms with van der Waals surface area (Å²) < 4.78 is 0. The largest absolute Gasteiger partial charge is 0.322 e. The summed E-state index contributed by atoms with van der Waals surface area (Å²) in [5.41, 5.74) is 2.51. The van der Waals surface area contributed by atoms with Gasteiger partial charge in [0.1, 0.15) is 6.07 Å². The van der Waals surface area contributed by atoms with E-state index in [2.05, 4.69) is 11.4 Å². The van der Waals surface area contributed by atoms with E-state index in [4.69, 9.17) is 23.2 Å². The SMILES string of the molecule is Cc1ccc(Sc2ccc(NC(=O)c3ccc(Cl)cc3Cl)cc2C#N)cc1. The zero-order chi connectivity index (χ0) is 19.4. The number of anilines is 1. The molecule has 0 unspecified atom stereocenters. The Morgan fingerprint density at radius 2 is 1.78 bits per heavy atom. The highest BCUT2D eigenvalue weighted by molar-refractivity contribution is 7.99. The van der Waals surface area contributed by atoms with Crippen molar-refractivity contribution in [3.05, 3.63) is 87.4 Å². The van der Waals surface area contributed by atoms with E-state index < -0.39 is 0 Å². The highest BCUT2D eigenvalue weighted by atomic mass is 35.5. The van der Waals surface area contributed by atoms with Crippen molar-refractivity contribution in [2.75, 3.05) is 5.32 Å². The van der Waals surface area contributed by atoms with Crippen LogP contribution in [0.15, 0.2) is 70.5 Å². The van der Waals surface area contributed by atoms with Gasteiger partial charge in [-0.15, -0.1) is 0 Å². The Kier molecular flexibility index (Phi) is 6.08. The molecule has 0 aromatic heterocycles. The number of hydrogen-bond donors (Lipinski definition) is 1. The molecule has 0 aliphatic carbocycles. The predicted molar refractivity (Wildman–Crippen MR) is 111 cm³/mol. The maximum atomic E-state index is 12.4. The lowest BCUT2D eigenvalue weighted by atomic mass is 10.2. The van der Waals surface area contributed by atoms with Gasteiger partial charge in [0.05, 0.1) is 16.1 Å². The van der Waals surface area contributed by atoms with Gasteiger partial charge in [0.2, 0.25) is 0 Å². The van der Waals surface area contributed by atoms with Crippen LogP contribution in [-0.2, 0) is 0 Å². The molecular formula is C21H14Cl2N2OS. The number of hydrogen-bond acceptors (Lipinski definition) is 3. The monoisotopic (exact) mass is 412 g/mol. The van der Waals surface area contributed by atoms with E-state index in [1.165, 1.54) is 23.4 Å². The second-order valence-corrected chi connectivity index (χ2v) is 7.78. The molecule has 0 heterocycles. The van der Waals surface area contributed by atoms with Gasteiger partial charge in [0.25, 0.3) is 5.91 Å². The number of nitriles is 1. The number of carbonyl (C=O) groups excluding carboxylic acids is 1. The number of benzene rings is 3. The van der Waals surface area contributed by atoms with Gasteiger partial charge in [-0.1, -0.05) is 52.7 Å². The first-order chi connectivity index (χ1) is 13.0. The van der Waals surface area contributed by atoms with Crippen LogP contribution in [0, 0.1) is 18.3 Å². The van der Waals surface area contributed by atoms with Crippen molar-refractivity contribution >= 4 is 46.6 Å². The van der Waals surface area contributed by atoms with E-state index in [0.29, 0.717) is 21.8 Å². The highest BCUT2D eigenvalue weighted by Gasteiger charge is 2.12. The van der Waals surface area contributed by atoms with Crippen LogP contribution in [0.5, 0.6) is 0 Å². The van der Waals surface area contributed by atoms with Crippen LogP contribution < -0.4 is 5.32 Å². The van der Waals surface area contributed by atoms with E-state index >= 15 is 0 Å². The Balaban J connectivity index is 1.80. The van der Waals surface area contributed by atoms with E-state index in [1.807, 2.05) is 37.3 Å². The van der Waals surface area contributed by atoms with Crippen LogP contribution in [0.25, 0.3) is 0 Å². The number of rotatable bonds is 4. The highest BCUT2D eigenvalue weighted by Crippen LogP contribution is 2.32. The van der Waals surface area contributed by atoms with Crippen molar-refractivity contribution in [1.82, 2.24) is 0 Å². The maximum Gasteiger partial charge on any atom is 0.257 e. The van der Waals surface area contributed by atoms with Crippen LogP contribution in [0.1, 0.15) is 21.5 Å². The van der Waals surface area contributed by atoms with E-state index in [0.717, 1.165) is 9.79 Å². The number of halogens is 2. The third-order valence-electron chi connectivity index (χ3n) is 3.78. The first-order valence-electron chi connectivity index (χ1n) is 8.01. The number of nitrogens with zero attached hydrogens (tertiary/aromatic N) is 1. The lowest BCUT2D eigenvalue weighted by molar-refractivity contribution is 0.102. The zero-order valence-corrected chi connectivity index (χ0v) is 16.6. The van der Waals surface area contributed by atoms with Gasteiger partial charge in [-0.05, 0) is 55.5 Å². The van der Waals surface area contributed by atoms with Gasteiger partial charge in [0.15, 0.2) is 0 Å². The summed E-state index contributed by atoms with van der Waals surface area (Å²) in [6, 6.07) is 20.2. The first kappa shape index (κ1) is 19.3. The minimum absolute atomic E-state index is 0.270. The zero-order valence-electron chi connectivity index (χ0n) is 14.3. The Labute approximate surface area is 171 Å². The Morgan fingerprint density at radius 3 is 2.44 bits per heavy atom. The number of nitrogens with one attached hydrogen (secondary N) is 1. The number of aryl methyl sites for hydroxylation is 1. The minimum atomic E-state index is -0.362. The molecule has 3 aromatic rings. The summed E-state index contributed by atoms with van der Waals surface area (Å²) in [5, 5.41) is 13.0. The molecule has 0 aliphatic rings. The normalized spacial score (nSPS) is 10.3. The lowest BCUT2D eigenvalue weighted by Crippen LogP contribution is -2.12. The van der Waals surface area contributed by atoms with E-state index in [9.17, 15) is 10.1 Å². The van der Waals surface area contributed by atoms with Crippen molar-refractivity contribution < 1.29 is 4.79 Å². The molecule has 27 heavy (non-hydrogen) atoms. The van der Waals surface area contributed by atoms with Crippen molar-refractivity contribution in [2.45, 2.75) is 16.7 Å². The third kappa shape index (κ3) is 4.84. The smallest absolute Gasteiger partial charge is 0.257 e. The topological polar surface area (TPSA) is 52.9 Å². The van der Waals surface area contributed by atoms with Crippen molar-refractivity contribution in [3.8, 4) is 6.07 Å². The summed E-state index contributed by atoms with van der Waals surface area (Å²) in [5.74, 6) is -0.362. The molecule has 3 aromatic carbocycles. The van der Waals surface area contributed by atoms with Crippen LogP contribution in [-0.4, -0.2) is 5.91 Å². The summed E-state index contributed by atoms with van der Waals surface area (Å²) in [6.07, 6.45) is 0. The van der Waals surface area contributed by atoms with Gasteiger partial charge in [0, 0.05) is 20.5 Å². The Hall–Kier alpha value is -2.45. The molecular weight excluding hydrogens is 399 g/mol. The molecule has 0 atom stereocenters. The van der Waals surface area contributed by atoms with Crippen LogP contribution in [0.3, 0.4) is 0 Å². The molecule has 0 aliphatic heterocycles. The number of carbonyl (C=O) groups is 1. The average molecular weight is 413 g/mol. The average Bonchev–Trinajstić information content (AvgIpc) is 2.64.